The average molecular weight is 411 g/mol. The van der Waals surface area contributed by atoms with Crippen LogP contribution in [-0.2, 0) is 4.79 Å². The van der Waals surface area contributed by atoms with Gasteiger partial charge in [0.2, 0.25) is 16.0 Å². The Labute approximate surface area is 176 Å². The highest BCUT2D eigenvalue weighted by atomic mass is 32.1. The minimum Gasteiger partial charge on any atom is -0.300 e. The summed E-state index contributed by atoms with van der Waals surface area (Å²) in [6, 6.07) is 29.2. The fraction of sp³-hybridized carbons (Fsp3) is 0.0435. The van der Waals surface area contributed by atoms with Crippen molar-refractivity contribution in [1.29, 1.82) is 0 Å². The molecule has 2 aromatic heterocycles. The largest absolute Gasteiger partial charge is 0.300 e. The van der Waals surface area contributed by atoms with E-state index in [0.29, 0.717) is 15.9 Å². The summed E-state index contributed by atoms with van der Waals surface area (Å²) in [6.07, 6.45) is 0. The molecule has 0 spiro atoms. The fourth-order valence-corrected chi connectivity index (χ4v) is 4.14. The third-order valence-corrected chi connectivity index (χ3v) is 5.60. The van der Waals surface area contributed by atoms with E-state index in [1.165, 1.54) is 11.3 Å². The molecule has 1 amide bonds. The molecular weight excluding hydrogens is 394 g/mol. The Bertz CT molecular complexity index is 1240. The lowest BCUT2D eigenvalue weighted by Crippen LogP contribution is -2.22. The van der Waals surface area contributed by atoms with Crippen molar-refractivity contribution >= 4 is 27.3 Å². The van der Waals surface area contributed by atoms with E-state index in [0.717, 1.165) is 16.7 Å². The van der Waals surface area contributed by atoms with Crippen LogP contribution in [0.25, 0.3) is 16.3 Å². The van der Waals surface area contributed by atoms with Crippen LogP contribution in [0.1, 0.15) is 17.0 Å². The van der Waals surface area contributed by atoms with Gasteiger partial charge in [0.25, 0.3) is 0 Å². The van der Waals surface area contributed by atoms with E-state index in [4.69, 9.17) is 0 Å². The van der Waals surface area contributed by atoms with Crippen molar-refractivity contribution in [3.8, 4) is 11.4 Å². The van der Waals surface area contributed by atoms with Gasteiger partial charge in [-0.2, -0.15) is 4.52 Å². The van der Waals surface area contributed by atoms with E-state index in [1.54, 1.807) is 4.52 Å². The van der Waals surface area contributed by atoms with Crippen LogP contribution in [0.4, 0.5) is 5.13 Å². The highest BCUT2D eigenvalue weighted by Gasteiger charge is 2.24. The minimum absolute atomic E-state index is 0.140. The highest BCUT2D eigenvalue weighted by Crippen LogP contribution is 2.28. The summed E-state index contributed by atoms with van der Waals surface area (Å²) >= 11 is 1.30. The average Bonchev–Trinajstić information content (AvgIpc) is 3.36. The van der Waals surface area contributed by atoms with E-state index in [-0.39, 0.29) is 5.91 Å². The number of aromatic nitrogens is 4. The first-order valence-electron chi connectivity index (χ1n) is 9.48. The lowest BCUT2D eigenvalue weighted by molar-refractivity contribution is -0.116. The third kappa shape index (κ3) is 3.46. The summed E-state index contributed by atoms with van der Waals surface area (Å²) in [4.78, 5) is 13.9. The van der Waals surface area contributed by atoms with E-state index in [2.05, 4.69) is 20.6 Å². The van der Waals surface area contributed by atoms with Gasteiger partial charge >= 0.3 is 0 Å². The molecule has 5 rings (SSSR count). The van der Waals surface area contributed by atoms with Gasteiger partial charge in [0.15, 0.2) is 5.82 Å². The maximum absolute atomic E-state index is 13.3. The second-order valence-corrected chi connectivity index (χ2v) is 7.69. The molecule has 7 heteroatoms. The van der Waals surface area contributed by atoms with E-state index in [1.807, 2.05) is 91.0 Å². The molecule has 146 valence electrons. The SMILES string of the molecule is O=C(Nc1nn2c(-c3ccccc3)nnc2s1)C(c1ccccc1)c1ccccc1. The molecule has 0 saturated heterocycles. The Morgan fingerprint density at radius 2 is 1.37 bits per heavy atom. The number of amides is 1. The van der Waals surface area contributed by atoms with E-state index >= 15 is 0 Å². The number of rotatable bonds is 5. The van der Waals surface area contributed by atoms with Gasteiger partial charge in [-0.15, -0.1) is 15.3 Å². The van der Waals surface area contributed by atoms with Gasteiger partial charge in [-0.25, -0.2) is 0 Å². The monoisotopic (exact) mass is 411 g/mol. The summed E-state index contributed by atoms with van der Waals surface area (Å²) in [5, 5.41) is 16.4. The van der Waals surface area contributed by atoms with Gasteiger partial charge in [0.1, 0.15) is 0 Å². The minimum atomic E-state index is -0.435. The Morgan fingerprint density at radius 3 is 1.97 bits per heavy atom. The number of hydrogen-bond donors (Lipinski definition) is 1. The molecule has 30 heavy (non-hydrogen) atoms. The molecule has 1 N–H and O–H groups in total. The molecule has 0 unspecified atom stereocenters. The molecule has 0 aliphatic rings. The number of carbonyl (C=O) groups excluding carboxylic acids is 1. The Balaban J connectivity index is 1.47. The van der Waals surface area contributed by atoms with Crippen molar-refractivity contribution in [2.45, 2.75) is 5.92 Å². The smallest absolute Gasteiger partial charge is 0.238 e. The quantitative estimate of drug-likeness (QED) is 0.458. The van der Waals surface area contributed by atoms with Gasteiger partial charge in [-0.1, -0.05) is 102 Å². The van der Waals surface area contributed by atoms with Crippen molar-refractivity contribution in [2.24, 2.45) is 0 Å². The number of carbonyl (C=O) groups is 1. The maximum Gasteiger partial charge on any atom is 0.238 e. The molecule has 0 aliphatic carbocycles. The predicted octanol–water partition coefficient (Wildman–Crippen LogP) is 4.62. The zero-order chi connectivity index (χ0) is 20.3. The summed E-state index contributed by atoms with van der Waals surface area (Å²) in [6.45, 7) is 0. The van der Waals surface area contributed by atoms with Gasteiger partial charge in [0, 0.05) is 5.56 Å². The zero-order valence-electron chi connectivity index (χ0n) is 15.8. The number of nitrogens with one attached hydrogen (secondary N) is 1. The highest BCUT2D eigenvalue weighted by molar-refractivity contribution is 7.20. The predicted molar refractivity (Wildman–Crippen MR) is 117 cm³/mol. The van der Waals surface area contributed by atoms with Crippen molar-refractivity contribution in [1.82, 2.24) is 19.8 Å². The van der Waals surface area contributed by atoms with Gasteiger partial charge in [-0.05, 0) is 11.1 Å². The van der Waals surface area contributed by atoms with Crippen LogP contribution in [0.3, 0.4) is 0 Å². The number of hydrogen-bond acceptors (Lipinski definition) is 5. The second kappa shape index (κ2) is 7.88. The van der Waals surface area contributed by atoms with Crippen molar-refractivity contribution in [3.63, 3.8) is 0 Å². The molecule has 2 heterocycles. The Kier molecular flexibility index (Phi) is 4.78. The molecule has 0 radical (unpaired) electrons. The van der Waals surface area contributed by atoms with Crippen molar-refractivity contribution < 1.29 is 4.79 Å². The number of fused-ring (bicyclic) bond motifs is 1. The molecule has 6 nitrogen and oxygen atoms in total. The van der Waals surface area contributed by atoms with Crippen molar-refractivity contribution in [3.05, 3.63) is 102 Å². The van der Waals surface area contributed by atoms with Gasteiger partial charge in [0.05, 0.1) is 5.92 Å². The first-order chi connectivity index (χ1) is 14.8. The number of benzene rings is 3. The molecule has 0 atom stereocenters. The van der Waals surface area contributed by atoms with Crippen LogP contribution in [0, 0.1) is 0 Å². The Morgan fingerprint density at radius 1 is 0.800 bits per heavy atom. The van der Waals surface area contributed by atoms with Crippen LogP contribution in [0.5, 0.6) is 0 Å². The topological polar surface area (TPSA) is 72.2 Å². The van der Waals surface area contributed by atoms with E-state index < -0.39 is 5.92 Å². The van der Waals surface area contributed by atoms with Gasteiger partial charge < -0.3 is 0 Å². The fourth-order valence-electron chi connectivity index (χ4n) is 3.40. The van der Waals surface area contributed by atoms with Crippen LogP contribution in [0.15, 0.2) is 91.0 Å². The Hall–Kier alpha value is -3.84. The summed E-state index contributed by atoms with van der Waals surface area (Å²) < 4.78 is 1.66. The molecule has 0 fully saturated rings. The molecule has 0 bridgehead atoms. The first kappa shape index (κ1) is 18.2. The van der Waals surface area contributed by atoms with Gasteiger partial charge in [-0.3, -0.25) is 10.1 Å². The normalized spacial score (nSPS) is 11.1. The maximum atomic E-state index is 13.3. The number of anilines is 1. The molecule has 0 aliphatic heterocycles. The van der Waals surface area contributed by atoms with Crippen LogP contribution in [-0.4, -0.2) is 25.7 Å². The first-order valence-corrected chi connectivity index (χ1v) is 10.3. The van der Waals surface area contributed by atoms with Crippen molar-refractivity contribution in [2.75, 3.05) is 5.32 Å². The molecule has 0 saturated carbocycles. The van der Waals surface area contributed by atoms with E-state index in [9.17, 15) is 4.79 Å². The summed E-state index contributed by atoms with van der Waals surface area (Å²) in [5.74, 6) is 0.0685. The third-order valence-electron chi connectivity index (χ3n) is 4.78. The molecule has 3 aromatic carbocycles. The lowest BCUT2D eigenvalue weighted by atomic mass is 9.90. The van der Waals surface area contributed by atoms with Crippen LogP contribution < -0.4 is 5.32 Å². The summed E-state index contributed by atoms with van der Waals surface area (Å²) in [7, 11) is 0. The van der Waals surface area contributed by atoms with Crippen LogP contribution in [0.2, 0.25) is 0 Å². The standard InChI is InChI=1S/C23H17N5OS/c29-21(19(16-10-4-1-5-11-16)17-12-6-2-7-13-17)24-22-27-28-20(25-26-23(28)30-22)18-14-8-3-9-15-18/h1-15,19H,(H,24,27,29). The number of nitrogens with zero attached hydrogens (tertiary/aromatic N) is 4. The second-order valence-electron chi connectivity index (χ2n) is 6.73. The molecule has 5 aromatic rings. The van der Waals surface area contributed by atoms with Crippen LogP contribution >= 0.6 is 11.3 Å². The lowest BCUT2D eigenvalue weighted by Gasteiger charge is -2.16. The molecular formula is C23H17N5OS. The summed E-state index contributed by atoms with van der Waals surface area (Å²) in [5.41, 5.74) is 2.77. The zero-order valence-corrected chi connectivity index (χ0v) is 16.7.